The van der Waals surface area contributed by atoms with Gasteiger partial charge in [0.15, 0.2) is 0 Å². The van der Waals surface area contributed by atoms with E-state index in [1.165, 1.54) is 12.1 Å². The zero-order chi connectivity index (χ0) is 14.0. The number of halogens is 3. The lowest BCUT2D eigenvalue weighted by Gasteiger charge is -2.08. The quantitative estimate of drug-likeness (QED) is 0.795. The first-order valence-electron chi connectivity index (χ1n) is 5.15. The second kappa shape index (κ2) is 5.77. The summed E-state index contributed by atoms with van der Waals surface area (Å²) in [6.45, 7) is 0. The van der Waals surface area contributed by atoms with Crippen molar-refractivity contribution < 1.29 is 4.79 Å². The van der Waals surface area contributed by atoms with Crippen molar-refractivity contribution in [1.82, 2.24) is 4.98 Å². The van der Waals surface area contributed by atoms with E-state index in [1.807, 2.05) is 0 Å². The number of nitrogens with one attached hydrogen (secondary N) is 1. The molecule has 19 heavy (non-hydrogen) atoms. The van der Waals surface area contributed by atoms with Crippen molar-refractivity contribution in [3.8, 4) is 0 Å². The molecule has 0 unspecified atom stereocenters. The Bertz CT molecular complexity index is 629. The summed E-state index contributed by atoms with van der Waals surface area (Å²) < 4.78 is 0.805. The van der Waals surface area contributed by atoms with Crippen LogP contribution in [0, 0.1) is 0 Å². The van der Waals surface area contributed by atoms with Crippen LogP contribution in [0.15, 0.2) is 34.8 Å². The molecule has 0 saturated heterocycles. The Labute approximate surface area is 128 Å². The molecule has 7 heteroatoms. The maximum Gasteiger partial charge on any atom is 0.255 e. The Hall–Kier alpha value is -1.30. The molecule has 3 N–H and O–H groups in total. The van der Waals surface area contributed by atoms with Gasteiger partial charge in [0.25, 0.3) is 5.91 Å². The molecule has 2 aromatic rings. The fourth-order valence-electron chi connectivity index (χ4n) is 1.44. The summed E-state index contributed by atoms with van der Waals surface area (Å²) in [5.74, 6) is -0.186. The fourth-order valence-corrected chi connectivity index (χ4v) is 2.18. The number of aromatic nitrogens is 1. The summed E-state index contributed by atoms with van der Waals surface area (Å²) in [7, 11) is 0. The van der Waals surface area contributed by atoms with E-state index < -0.39 is 0 Å². The zero-order valence-corrected chi connectivity index (χ0v) is 12.6. The molecule has 1 heterocycles. The smallest absolute Gasteiger partial charge is 0.255 e. The van der Waals surface area contributed by atoms with Crippen molar-refractivity contribution in [2.45, 2.75) is 0 Å². The monoisotopic (exact) mass is 359 g/mol. The molecule has 1 aromatic heterocycles. The molecular formula is C12H8BrCl2N3O. The maximum absolute atomic E-state index is 12.1. The fraction of sp³-hybridized carbons (Fsp3) is 0. The molecule has 0 aliphatic rings. The first kappa shape index (κ1) is 14.1. The molecule has 1 aromatic carbocycles. The van der Waals surface area contributed by atoms with Crippen LogP contribution in [0.5, 0.6) is 0 Å². The maximum atomic E-state index is 12.1. The minimum atomic E-state index is -0.365. The van der Waals surface area contributed by atoms with Gasteiger partial charge in [-0.15, -0.1) is 0 Å². The van der Waals surface area contributed by atoms with Crippen molar-refractivity contribution in [3.63, 3.8) is 0 Å². The zero-order valence-electron chi connectivity index (χ0n) is 9.45. The highest BCUT2D eigenvalue weighted by Crippen LogP contribution is 2.26. The number of rotatable bonds is 2. The molecule has 0 bridgehead atoms. The molecule has 2 rings (SSSR count). The Kier molecular flexibility index (Phi) is 4.29. The Morgan fingerprint density at radius 3 is 2.68 bits per heavy atom. The van der Waals surface area contributed by atoms with E-state index in [0.717, 1.165) is 4.47 Å². The van der Waals surface area contributed by atoms with Crippen molar-refractivity contribution in [2.24, 2.45) is 0 Å². The molecule has 0 radical (unpaired) electrons. The number of hydrogen-bond donors (Lipinski definition) is 2. The largest absolute Gasteiger partial charge is 0.384 e. The third-order valence-corrected chi connectivity index (χ3v) is 3.27. The predicted octanol–water partition coefficient (Wildman–Crippen LogP) is 3.99. The van der Waals surface area contributed by atoms with Gasteiger partial charge in [0.2, 0.25) is 0 Å². The van der Waals surface area contributed by atoms with E-state index in [2.05, 4.69) is 26.2 Å². The topological polar surface area (TPSA) is 68.0 Å². The van der Waals surface area contributed by atoms with E-state index in [0.29, 0.717) is 16.3 Å². The number of nitrogens with two attached hydrogens (primary N) is 1. The first-order valence-corrected chi connectivity index (χ1v) is 6.70. The lowest BCUT2D eigenvalue weighted by Crippen LogP contribution is -2.13. The highest BCUT2D eigenvalue weighted by molar-refractivity contribution is 9.10. The van der Waals surface area contributed by atoms with Gasteiger partial charge in [-0.3, -0.25) is 4.79 Å². The molecule has 0 spiro atoms. The number of amides is 1. The molecule has 0 aliphatic carbocycles. The van der Waals surface area contributed by atoms with Crippen molar-refractivity contribution in [1.29, 1.82) is 0 Å². The van der Waals surface area contributed by atoms with Gasteiger partial charge in [-0.1, -0.05) is 39.1 Å². The number of hydrogen-bond acceptors (Lipinski definition) is 3. The average Bonchev–Trinajstić information content (AvgIpc) is 2.32. The van der Waals surface area contributed by atoms with Gasteiger partial charge in [-0.05, 0) is 30.3 Å². The van der Waals surface area contributed by atoms with Crippen molar-refractivity contribution in [2.75, 3.05) is 11.1 Å². The van der Waals surface area contributed by atoms with Crippen LogP contribution in [-0.2, 0) is 0 Å². The number of carbonyl (C=O) groups is 1. The summed E-state index contributed by atoms with van der Waals surface area (Å²) in [5.41, 5.74) is 6.34. The van der Waals surface area contributed by atoms with Gasteiger partial charge in [0, 0.05) is 10.0 Å². The summed E-state index contributed by atoms with van der Waals surface area (Å²) in [6, 6.07) is 8.02. The van der Waals surface area contributed by atoms with Gasteiger partial charge in [-0.25, -0.2) is 4.98 Å². The molecule has 0 atom stereocenters. The predicted molar refractivity (Wildman–Crippen MR) is 80.8 cm³/mol. The molecule has 0 aliphatic heterocycles. The number of nitrogens with zero attached hydrogens (tertiary/aromatic N) is 1. The van der Waals surface area contributed by atoms with Crippen LogP contribution in [-0.4, -0.2) is 10.9 Å². The Morgan fingerprint density at radius 2 is 2.00 bits per heavy atom. The lowest BCUT2D eigenvalue weighted by molar-refractivity contribution is 0.102. The van der Waals surface area contributed by atoms with Crippen molar-refractivity contribution >= 4 is 56.5 Å². The Morgan fingerprint density at radius 1 is 1.26 bits per heavy atom. The van der Waals surface area contributed by atoms with Gasteiger partial charge >= 0.3 is 0 Å². The molecular weight excluding hydrogens is 353 g/mol. The minimum absolute atomic E-state index is 0.158. The number of anilines is 2. The van der Waals surface area contributed by atoms with Gasteiger partial charge in [0.05, 0.1) is 10.7 Å². The second-order valence-electron chi connectivity index (χ2n) is 3.68. The van der Waals surface area contributed by atoms with Crippen LogP contribution >= 0.6 is 39.1 Å². The first-order chi connectivity index (χ1) is 8.95. The van der Waals surface area contributed by atoms with Crippen LogP contribution in [0.2, 0.25) is 10.2 Å². The molecule has 98 valence electrons. The van der Waals surface area contributed by atoms with E-state index in [1.54, 1.807) is 18.2 Å². The average molecular weight is 361 g/mol. The summed E-state index contributed by atoms with van der Waals surface area (Å²) in [4.78, 5) is 15.8. The van der Waals surface area contributed by atoms with Gasteiger partial charge in [-0.2, -0.15) is 0 Å². The number of carbonyl (C=O) groups excluding carboxylic acids is 1. The SMILES string of the molecule is Nc1cc(C(=O)Nc2cc(Br)ccc2Cl)cc(Cl)n1. The molecule has 0 fully saturated rings. The Balaban J connectivity index is 2.28. The number of benzene rings is 1. The summed E-state index contributed by atoms with van der Waals surface area (Å²) in [6.07, 6.45) is 0. The third kappa shape index (κ3) is 3.59. The van der Waals surface area contributed by atoms with E-state index in [9.17, 15) is 4.79 Å². The van der Waals surface area contributed by atoms with Gasteiger partial charge < -0.3 is 11.1 Å². The van der Waals surface area contributed by atoms with Crippen molar-refractivity contribution in [3.05, 3.63) is 50.5 Å². The van der Waals surface area contributed by atoms with Crippen LogP contribution in [0.4, 0.5) is 11.5 Å². The highest BCUT2D eigenvalue weighted by Gasteiger charge is 2.11. The standard InChI is InChI=1S/C12H8BrCl2N3O/c13-7-1-2-8(14)9(5-7)17-12(19)6-3-10(15)18-11(16)4-6/h1-5H,(H2,16,18)(H,17,19). The normalized spacial score (nSPS) is 10.3. The third-order valence-electron chi connectivity index (χ3n) is 2.25. The number of nitrogen functional groups attached to an aromatic ring is 1. The van der Waals surface area contributed by atoms with E-state index in [-0.39, 0.29) is 16.9 Å². The molecule has 4 nitrogen and oxygen atoms in total. The second-order valence-corrected chi connectivity index (χ2v) is 5.39. The van der Waals surface area contributed by atoms with Crippen LogP contribution in [0.25, 0.3) is 0 Å². The van der Waals surface area contributed by atoms with Crippen LogP contribution in [0.1, 0.15) is 10.4 Å². The van der Waals surface area contributed by atoms with Crippen LogP contribution < -0.4 is 11.1 Å². The highest BCUT2D eigenvalue weighted by atomic mass is 79.9. The summed E-state index contributed by atoms with van der Waals surface area (Å²) >= 11 is 15.0. The van der Waals surface area contributed by atoms with Crippen LogP contribution in [0.3, 0.4) is 0 Å². The van der Waals surface area contributed by atoms with E-state index in [4.69, 9.17) is 28.9 Å². The number of pyridine rings is 1. The van der Waals surface area contributed by atoms with E-state index >= 15 is 0 Å². The molecule has 1 amide bonds. The van der Waals surface area contributed by atoms with Gasteiger partial charge in [0.1, 0.15) is 11.0 Å². The molecule has 0 saturated carbocycles. The minimum Gasteiger partial charge on any atom is -0.384 e. The lowest BCUT2D eigenvalue weighted by atomic mass is 10.2. The summed E-state index contributed by atoms with van der Waals surface area (Å²) in [5, 5.41) is 3.27.